The molecule has 0 radical (unpaired) electrons. The average Bonchev–Trinajstić information content (AvgIpc) is 2.48. The quantitative estimate of drug-likeness (QED) is 0.700. The second kappa shape index (κ2) is 2.76. The maximum Gasteiger partial charge on any atom is 0.119 e. The van der Waals surface area contributed by atoms with Gasteiger partial charge in [-0.05, 0) is 23.6 Å². The summed E-state index contributed by atoms with van der Waals surface area (Å²) in [5, 5.41) is 17.4. The van der Waals surface area contributed by atoms with Crippen LogP contribution in [-0.4, -0.2) is 15.3 Å². The molecule has 0 atom stereocenters. The molecule has 0 aliphatic rings. The average molecular weight is 176 g/mol. The van der Waals surface area contributed by atoms with Crippen LogP contribution in [0.3, 0.4) is 0 Å². The Balaban J connectivity index is 2.69. The highest BCUT2D eigenvalue weighted by atomic mass is 16.3. The monoisotopic (exact) mass is 176 g/mol. The normalized spacial score (nSPS) is 11.3. The van der Waals surface area contributed by atoms with E-state index >= 15 is 0 Å². The van der Waals surface area contributed by atoms with E-state index in [9.17, 15) is 5.11 Å². The van der Waals surface area contributed by atoms with E-state index in [1.165, 1.54) is 0 Å². The Labute approximate surface area is 76.4 Å². The van der Waals surface area contributed by atoms with Gasteiger partial charge in [0.1, 0.15) is 5.75 Å². The number of H-pyrrole nitrogens is 1. The zero-order valence-corrected chi connectivity index (χ0v) is 7.70. The molecule has 0 bridgehead atoms. The minimum atomic E-state index is 0.327. The molecule has 0 saturated carbocycles. The lowest BCUT2D eigenvalue weighted by molar-refractivity contribution is 0.466. The second-order valence-electron chi connectivity index (χ2n) is 3.52. The Kier molecular flexibility index (Phi) is 1.72. The van der Waals surface area contributed by atoms with Crippen LogP contribution in [0, 0.1) is 0 Å². The third-order valence-corrected chi connectivity index (χ3v) is 2.21. The molecule has 2 N–H and O–H groups in total. The molecule has 3 heteroatoms. The van der Waals surface area contributed by atoms with Gasteiger partial charge in [-0.25, -0.2) is 0 Å². The largest absolute Gasteiger partial charge is 0.508 e. The Morgan fingerprint density at radius 1 is 1.38 bits per heavy atom. The van der Waals surface area contributed by atoms with Crippen LogP contribution in [0.2, 0.25) is 0 Å². The van der Waals surface area contributed by atoms with Crippen molar-refractivity contribution in [2.45, 2.75) is 19.8 Å². The fraction of sp³-hybridized carbons (Fsp3) is 0.300. The molecule has 0 aliphatic carbocycles. The van der Waals surface area contributed by atoms with Crippen LogP contribution in [0.4, 0.5) is 0 Å². The predicted octanol–water partition coefficient (Wildman–Crippen LogP) is 2.39. The zero-order valence-electron chi connectivity index (χ0n) is 7.70. The maximum absolute atomic E-state index is 9.66. The number of hydrogen-bond donors (Lipinski definition) is 2. The fourth-order valence-electron chi connectivity index (χ4n) is 1.46. The van der Waals surface area contributed by atoms with Gasteiger partial charge in [0.2, 0.25) is 0 Å². The molecule has 1 aromatic carbocycles. The van der Waals surface area contributed by atoms with Crippen LogP contribution in [-0.2, 0) is 0 Å². The molecular weight excluding hydrogens is 164 g/mol. The van der Waals surface area contributed by atoms with E-state index in [1.807, 2.05) is 6.07 Å². The molecule has 0 unspecified atom stereocenters. The summed E-state index contributed by atoms with van der Waals surface area (Å²) < 4.78 is 0. The van der Waals surface area contributed by atoms with Gasteiger partial charge in [0.15, 0.2) is 0 Å². The van der Waals surface area contributed by atoms with E-state index in [2.05, 4.69) is 24.0 Å². The van der Waals surface area contributed by atoms with Crippen LogP contribution in [0.25, 0.3) is 10.9 Å². The van der Waals surface area contributed by atoms with E-state index in [0.717, 1.165) is 16.5 Å². The zero-order chi connectivity index (χ0) is 9.42. The standard InChI is InChI=1S/C10H12N2O/c1-6(2)8-4-9-7(3-10(8)13)5-11-12-9/h3-6,13H,1-2H3,(H,11,12). The van der Waals surface area contributed by atoms with Crippen molar-refractivity contribution in [3.05, 3.63) is 23.9 Å². The first-order valence-electron chi connectivity index (χ1n) is 4.34. The highest BCUT2D eigenvalue weighted by Gasteiger charge is 2.07. The van der Waals surface area contributed by atoms with E-state index in [1.54, 1.807) is 12.3 Å². The summed E-state index contributed by atoms with van der Waals surface area (Å²) in [6, 6.07) is 3.69. The second-order valence-corrected chi connectivity index (χ2v) is 3.52. The molecule has 0 aliphatic heterocycles. The Hall–Kier alpha value is -1.51. The van der Waals surface area contributed by atoms with Gasteiger partial charge in [-0.2, -0.15) is 5.10 Å². The molecule has 3 nitrogen and oxygen atoms in total. The molecule has 0 spiro atoms. The lowest BCUT2D eigenvalue weighted by Gasteiger charge is -2.07. The molecule has 2 aromatic rings. The third kappa shape index (κ3) is 1.26. The first-order valence-corrected chi connectivity index (χ1v) is 4.34. The van der Waals surface area contributed by atoms with E-state index < -0.39 is 0 Å². The molecule has 68 valence electrons. The van der Waals surface area contributed by atoms with E-state index in [-0.39, 0.29) is 0 Å². The van der Waals surface area contributed by atoms with Gasteiger partial charge in [-0.15, -0.1) is 0 Å². The molecule has 2 rings (SSSR count). The lowest BCUT2D eigenvalue weighted by atomic mass is 10.0. The van der Waals surface area contributed by atoms with Crippen molar-refractivity contribution in [3.8, 4) is 5.75 Å². The van der Waals surface area contributed by atoms with Crippen molar-refractivity contribution < 1.29 is 5.11 Å². The van der Waals surface area contributed by atoms with Gasteiger partial charge in [-0.1, -0.05) is 13.8 Å². The van der Waals surface area contributed by atoms with Gasteiger partial charge in [0.25, 0.3) is 0 Å². The van der Waals surface area contributed by atoms with Gasteiger partial charge in [0.05, 0.1) is 11.7 Å². The predicted molar refractivity (Wildman–Crippen MR) is 51.8 cm³/mol. The highest BCUT2D eigenvalue weighted by Crippen LogP contribution is 2.29. The highest BCUT2D eigenvalue weighted by molar-refractivity contribution is 5.80. The van der Waals surface area contributed by atoms with Gasteiger partial charge < -0.3 is 5.11 Å². The number of phenolic OH excluding ortho intramolecular Hbond substituents is 1. The number of nitrogens with zero attached hydrogens (tertiary/aromatic N) is 1. The number of fused-ring (bicyclic) bond motifs is 1. The fourth-order valence-corrected chi connectivity index (χ4v) is 1.46. The number of nitrogens with one attached hydrogen (secondary N) is 1. The van der Waals surface area contributed by atoms with E-state index in [0.29, 0.717) is 11.7 Å². The molecule has 0 saturated heterocycles. The van der Waals surface area contributed by atoms with Crippen LogP contribution < -0.4 is 0 Å². The molecule has 0 amide bonds. The van der Waals surface area contributed by atoms with Crippen LogP contribution in [0.1, 0.15) is 25.3 Å². The number of benzene rings is 1. The summed E-state index contributed by atoms with van der Waals surface area (Å²) in [7, 11) is 0. The van der Waals surface area contributed by atoms with Crippen LogP contribution in [0.15, 0.2) is 18.3 Å². The molecule has 1 heterocycles. The molecule has 0 fully saturated rings. The minimum absolute atomic E-state index is 0.327. The Morgan fingerprint density at radius 2 is 2.15 bits per heavy atom. The van der Waals surface area contributed by atoms with Crippen molar-refractivity contribution >= 4 is 10.9 Å². The summed E-state index contributed by atoms with van der Waals surface area (Å²) in [4.78, 5) is 0. The van der Waals surface area contributed by atoms with Crippen LogP contribution in [0.5, 0.6) is 5.75 Å². The van der Waals surface area contributed by atoms with Gasteiger partial charge in [0, 0.05) is 5.39 Å². The maximum atomic E-state index is 9.66. The number of phenols is 1. The molecule has 13 heavy (non-hydrogen) atoms. The minimum Gasteiger partial charge on any atom is -0.508 e. The van der Waals surface area contributed by atoms with Crippen LogP contribution >= 0.6 is 0 Å². The van der Waals surface area contributed by atoms with Crippen molar-refractivity contribution in [2.75, 3.05) is 0 Å². The lowest BCUT2D eigenvalue weighted by Crippen LogP contribution is -1.87. The number of rotatable bonds is 1. The summed E-state index contributed by atoms with van der Waals surface area (Å²) in [6.07, 6.45) is 1.71. The first kappa shape index (κ1) is 8.10. The summed E-state index contributed by atoms with van der Waals surface area (Å²) in [5.74, 6) is 0.677. The van der Waals surface area contributed by atoms with Crippen molar-refractivity contribution in [3.63, 3.8) is 0 Å². The van der Waals surface area contributed by atoms with E-state index in [4.69, 9.17) is 0 Å². The van der Waals surface area contributed by atoms with Crippen molar-refractivity contribution in [2.24, 2.45) is 0 Å². The SMILES string of the molecule is CC(C)c1cc2[nH]ncc2cc1O. The topological polar surface area (TPSA) is 48.9 Å². The Bertz CT molecular complexity index is 431. The molecule has 1 aromatic heterocycles. The smallest absolute Gasteiger partial charge is 0.119 e. The number of aromatic nitrogens is 2. The third-order valence-electron chi connectivity index (χ3n) is 2.21. The summed E-state index contributed by atoms with van der Waals surface area (Å²) >= 11 is 0. The van der Waals surface area contributed by atoms with Gasteiger partial charge in [-0.3, -0.25) is 5.10 Å². The van der Waals surface area contributed by atoms with Crippen molar-refractivity contribution in [1.82, 2.24) is 10.2 Å². The summed E-state index contributed by atoms with van der Waals surface area (Å²) in [6.45, 7) is 4.11. The van der Waals surface area contributed by atoms with Crippen molar-refractivity contribution in [1.29, 1.82) is 0 Å². The number of aromatic amines is 1. The number of aromatic hydroxyl groups is 1. The number of hydrogen-bond acceptors (Lipinski definition) is 2. The first-order chi connectivity index (χ1) is 6.18. The Morgan fingerprint density at radius 3 is 2.85 bits per heavy atom. The van der Waals surface area contributed by atoms with Gasteiger partial charge >= 0.3 is 0 Å². The summed E-state index contributed by atoms with van der Waals surface area (Å²) in [5.41, 5.74) is 1.93. The molecular formula is C10H12N2O.